The number of halogens is 2. The molecule has 1 aliphatic rings. The zero-order valence-electron chi connectivity index (χ0n) is 15.7. The fraction of sp³-hybridized carbons (Fsp3) is 0.0476. The van der Waals surface area contributed by atoms with Gasteiger partial charge in [-0.1, -0.05) is 29.3 Å². The van der Waals surface area contributed by atoms with Crippen molar-refractivity contribution < 1.29 is 14.4 Å². The van der Waals surface area contributed by atoms with Crippen molar-refractivity contribution in [2.75, 3.05) is 6.79 Å². The molecule has 10 heteroatoms. The van der Waals surface area contributed by atoms with Crippen LogP contribution in [0.1, 0.15) is 5.56 Å². The Bertz CT molecular complexity index is 1380. The summed E-state index contributed by atoms with van der Waals surface area (Å²) in [7, 11) is 0. The number of imidazole rings is 1. The minimum absolute atomic E-state index is 0.0135. The van der Waals surface area contributed by atoms with Crippen molar-refractivity contribution in [3.05, 3.63) is 80.5 Å². The quantitative estimate of drug-likeness (QED) is 0.224. The lowest BCUT2D eigenvalue weighted by Crippen LogP contribution is -1.95. The Hall–Kier alpha value is -3.62. The van der Waals surface area contributed by atoms with Crippen LogP contribution in [0.4, 0.5) is 11.5 Å². The lowest BCUT2D eigenvalue weighted by atomic mass is 10.1. The van der Waals surface area contributed by atoms with Gasteiger partial charge < -0.3 is 9.47 Å². The van der Waals surface area contributed by atoms with Crippen LogP contribution >= 0.6 is 23.2 Å². The molecule has 0 radical (unpaired) electrons. The first kappa shape index (κ1) is 19.3. The number of nitrogens with zero attached hydrogens (tertiary/aromatic N) is 4. The SMILES string of the molecule is O=[N+]([O-])c1cc2c(cc1/C=N/c1c(-c3ccc(Cl)cc3Cl)nc3ccccn13)OCO2. The van der Waals surface area contributed by atoms with Gasteiger partial charge in [-0.2, -0.15) is 0 Å². The summed E-state index contributed by atoms with van der Waals surface area (Å²) in [5.41, 5.74) is 1.94. The second kappa shape index (κ2) is 7.57. The van der Waals surface area contributed by atoms with E-state index in [2.05, 4.69) is 9.98 Å². The van der Waals surface area contributed by atoms with Gasteiger partial charge in [-0.3, -0.25) is 14.5 Å². The summed E-state index contributed by atoms with van der Waals surface area (Å²) in [5, 5.41) is 12.5. The van der Waals surface area contributed by atoms with Gasteiger partial charge in [0.05, 0.1) is 21.6 Å². The third kappa shape index (κ3) is 3.45. The van der Waals surface area contributed by atoms with Crippen LogP contribution in [0.3, 0.4) is 0 Å². The molecular weight excluding hydrogens is 443 g/mol. The Labute approximate surface area is 185 Å². The summed E-state index contributed by atoms with van der Waals surface area (Å²) in [6, 6.07) is 13.5. The standard InChI is InChI=1S/C21H12Cl2N4O4/c22-13-4-5-14(15(23)8-13)20-21(26-6-2-1-3-19(26)25-20)24-10-12-7-17-18(31-11-30-17)9-16(12)27(28)29/h1-10H,11H2/b24-10+. The van der Waals surface area contributed by atoms with E-state index in [9.17, 15) is 10.1 Å². The zero-order valence-corrected chi connectivity index (χ0v) is 17.2. The van der Waals surface area contributed by atoms with Crippen molar-refractivity contribution in [3.8, 4) is 22.8 Å². The van der Waals surface area contributed by atoms with Crippen LogP contribution in [0.2, 0.25) is 10.0 Å². The number of aromatic nitrogens is 2. The number of fused-ring (bicyclic) bond motifs is 2. The van der Waals surface area contributed by atoms with E-state index in [1.54, 1.807) is 28.8 Å². The van der Waals surface area contributed by atoms with Gasteiger partial charge in [0.2, 0.25) is 6.79 Å². The molecule has 0 N–H and O–H groups in total. The fourth-order valence-corrected chi connectivity index (χ4v) is 3.81. The van der Waals surface area contributed by atoms with Crippen LogP contribution in [0.5, 0.6) is 11.5 Å². The molecule has 0 aliphatic carbocycles. The first-order valence-corrected chi connectivity index (χ1v) is 9.81. The predicted octanol–water partition coefficient (Wildman–Crippen LogP) is 5.70. The van der Waals surface area contributed by atoms with Crippen LogP contribution in [0.15, 0.2) is 59.7 Å². The van der Waals surface area contributed by atoms with Gasteiger partial charge in [0, 0.05) is 23.0 Å². The molecular formula is C21H12Cl2N4O4. The summed E-state index contributed by atoms with van der Waals surface area (Å²) in [6.45, 7) is 0.0135. The molecule has 0 bridgehead atoms. The number of nitro groups is 1. The van der Waals surface area contributed by atoms with Crippen molar-refractivity contribution in [1.29, 1.82) is 0 Å². The average molecular weight is 455 g/mol. The molecule has 5 rings (SSSR count). The van der Waals surface area contributed by atoms with E-state index in [0.717, 1.165) is 0 Å². The molecule has 1 aliphatic heterocycles. The van der Waals surface area contributed by atoms with E-state index in [0.29, 0.717) is 44.3 Å². The number of ether oxygens (including phenoxy) is 2. The van der Waals surface area contributed by atoms with Crippen molar-refractivity contribution in [1.82, 2.24) is 9.38 Å². The largest absolute Gasteiger partial charge is 0.454 e. The summed E-state index contributed by atoms with van der Waals surface area (Å²) in [5.74, 6) is 1.21. The van der Waals surface area contributed by atoms with Crippen molar-refractivity contribution in [2.45, 2.75) is 0 Å². The number of aliphatic imine (C=N–C) groups is 1. The molecule has 0 fully saturated rings. The molecule has 2 aromatic heterocycles. The maximum absolute atomic E-state index is 11.6. The third-order valence-corrected chi connectivity index (χ3v) is 5.28. The summed E-state index contributed by atoms with van der Waals surface area (Å²) >= 11 is 12.4. The van der Waals surface area contributed by atoms with E-state index in [1.165, 1.54) is 18.3 Å². The van der Waals surface area contributed by atoms with Crippen LogP contribution in [-0.4, -0.2) is 27.3 Å². The Morgan fingerprint density at radius 2 is 1.94 bits per heavy atom. The molecule has 4 aromatic rings. The highest BCUT2D eigenvalue weighted by Crippen LogP contribution is 2.39. The van der Waals surface area contributed by atoms with Gasteiger partial charge in [0.25, 0.3) is 5.69 Å². The molecule has 154 valence electrons. The lowest BCUT2D eigenvalue weighted by molar-refractivity contribution is -0.385. The zero-order chi connectivity index (χ0) is 21.5. The normalized spacial score (nSPS) is 12.7. The molecule has 0 amide bonds. The van der Waals surface area contributed by atoms with Gasteiger partial charge in [0.1, 0.15) is 11.3 Å². The van der Waals surface area contributed by atoms with Gasteiger partial charge in [-0.05, 0) is 36.4 Å². The highest BCUT2D eigenvalue weighted by molar-refractivity contribution is 6.36. The van der Waals surface area contributed by atoms with E-state index in [1.807, 2.05) is 18.2 Å². The molecule has 2 aromatic carbocycles. The summed E-state index contributed by atoms with van der Waals surface area (Å²) in [4.78, 5) is 20.3. The molecule has 0 saturated heterocycles. The lowest BCUT2D eigenvalue weighted by Gasteiger charge is -2.04. The molecule has 0 saturated carbocycles. The fourth-order valence-electron chi connectivity index (χ4n) is 3.31. The number of pyridine rings is 1. The number of benzene rings is 2. The summed E-state index contributed by atoms with van der Waals surface area (Å²) < 4.78 is 12.4. The van der Waals surface area contributed by atoms with Crippen LogP contribution in [-0.2, 0) is 0 Å². The molecule has 0 unspecified atom stereocenters. The second-order valence-corrected chi connectivity index (χ2v) is 7.46. The third-order valence-electron chi connectivity index (χ3n) is 4.74. The average Bonchev–Trinajstić information content (AvgIpc) is 3.35. The minimum atomic E-state index is -0.491. The highest BCUT2D eigenvalue weighted by atomic mass is 35.5. The highest BCUT2D eigenvalue weighted by Gasteiger charge is 2.23. The predicted molar refractivity (Wildman–Crippen MR) is 117 cm³/mol. The van der Waals surface area contributed by atoms with Crippen LogP contribution in [0, 0.1) is 10.1 Å². The summed E-state index contributed by atoms with van der Waals surface area (Å²) in [6.07, 6.45) is 3.21. The number of hydrogen-bond donors (Lipinski definition) is 0. The number of rotatable bonds is 4. The first-order chi connectivity index (χ1) is 15.0. The molecule has 8 nitrogen and oxygen atoms in total. The van der Waals surface area contributed by atoms with Crippen molar-refractivity contribution in [3.63, 3.8) is 0 Å². The van der Waals surface area contributed by atoms with Crippen molar-refractivity contribution >= 4 is 46.6 Å². The van der Waals surface area contributed by atoms with Gasteiger partial charge in [0.15, 0.2) is 17.3 Å². The van der Waals surface area contributed by atoms with Crippen molar-refractivity contribution in [2.24, 2.45) is 4.99 Å². The Morgan fingerprint density at radius 1 is 1.13 bits per heavy atom. The van der Waals surface area contributed by atoms with Gasteiger partial charge in [-0.25, -0.2) is 9.98 Å². The first-order valence-electron chi connectivity index (χ1n) is 9.06. The number of nitro benzene ring substituents is 1. The van der Waals surface area contributed by atoms with Crippen LogP contribution < -0.4 is 9.47 Å². The monoisotopic (exact) mass is 454 g/mol. The molecule has 0 spiro atoms. The Morgan fingerprint density at radius 3 is 2.71 bits per heavy atom. The Kier molecular flexibility index (Phi) is 4.72. The smallest absolute Gasteiger partial charge is 0.282 e. The van der Waals surface area contributed by atoms with Gasteiger partial charge in [-0.15, -0.1) is 0 Å². The van der Waals surface area contributed by atoms with Gasteiger partial charge >= 0.3 is 0 Å². The van der Waals surface area contributed by atoms with E-state index in [4.69, 9.17) is 32.7 Å². The van der Waals surface area contributed by atoms with E-state index >= 15 is 0 Å². The second-order valence-electron chi connectivity index (χ2n) is 6.62. The number of hydrogen-bond acceptors (Lipinski definition) is 6. The maximum atomic E-state index is 11.6. The molecule has 0 atom stereocenters. The minimum Gasteiger partial charge on any atom is -0.454 e. The Balaban J connectivity index is 1.68. The van der Waals surface area contributed by atoms with E-state index in [-0.39, 0.29) is 18.0 Å². The maximum Gasteiger partial charge on any atom is 0.282 e. The molecule has 31 heavy (non-hydrogen) atoms. The molecule has 3 heterocycles. The van der Waals surface area contributed by atoms with E-state index < -0.39 is 4.92 Å². The van der Waals surface area contributed by atoms with Crippen LogP contribution in [0.25, 0.3) is 16.9 Å². The topological polar surface area (TPSA) is 91.3 Å².